The Morgan fingerprint density at radius 2 is 1.86 bits per heavy atom. The number of amides is 5. The summed E-state index contributed by atoms with van der Waals surface area (Å²) in [5.74, 6) is -2.41. The highest BCUT2D eigenvalue weighted by molar-refractivity contribution is 8.19. The van der Waals surface area contributed by atoms with Crippen molar-refractivity contribution < 1.29 is 37.1 Å². The molecule has 8 nitrogen and oxygen atoms in total. The zero-order valence-corrected chi connectivity index (χ0v) is 15.2. The van der Waals surface area contributed by atoms with E-state index in [2.05, 4.69) is 5.32 Å². The third-order valence-electron chi connectivity index (χ3n) is 3.73. The van der Waals surface area contributed by atoms with Crippen LogP contribution in [0.25, 0.3) is 0 Å². The number of nitrogens with one attached hydrogen (secondary N) is 2. The van der Waals surface area contributed by atoms with Gasteiger partial charge in [-0.25, -0.2) is 0 Å². The molecule has 0 aromatic heterocycles. The minimum Gasteiger partial charge on any atom is -0.325 e. The van der Waals surface area contributed by atoms with E-state index in [-0.39, 0.29) is 5.69 Å². The molecule has 1 aromatic carbocycles. The number of rotatable bonds is 4. The Morgan fingerprint density at radius 3 is 2.46 bits per heavy atom. The van der Waals surface area contributed by atoms with Crippen LogP contribution in [0.3, 0.4) is 0 Å². The molecule has 2 fully saturated rings. The molecule has 0 unspecified atom stereocenters. The van der Waals surface area contributed by atoms with Crippen molar-refractivity contribution in [3.05, 3.63) is 29.8 Å². The van der Waals surface area contributed by atoms with Crippen LogP contribution in [0.5, 0.6) is 0 Å². The van der Waals surface area contributed by atoms with E-state index >= 15 is 0 Å². The molecule has 0 aliphatic carbocycles. The van der Waals surface area contributed by atoms with E-state index < -0.39 is 57.0 Å². The minimum absolute atomic E-state index is 0.153. The van der Waals surface area contributed by atoms with Gasteiger partial charge in [-0.15, -0.1) is 0 Å². The number of alkyl halides is 3. The van der Waals surface area contributed by atoms with Gasteiger partial charge >= 0.3 is 6.18 Å². The highest BCUT2D eigenvalue weighted by Crippen LogP contribution is 2.36. The third-order valence-corrected chi connectivity index (χ3v) is 6.10. The molecule has 5 amide bonds. The summed E-state index contributed by atoms with van der Waals surface area (Å²) in [6, 6.07) is 3.87. The Morgan fingerprint density at radius 1 is 1.14 bits per heavy atom. The SMILES string of the molecule is O=C(CN1C(=O)S[C@@H]([C@H]2SC(=O)NC2=O)C1=O)Nc1cccc(C(F)(F)F)c1. The molecular weight excluding hydrogens is 423 g/mol. The smallest absolute Gasteiger partial charge is 0.325 e. The van der Waals surface area contributed by atoms with Crippen LogP contribution in [0.2, 0.25) is 0 Å². The number of hydrogen-bond donors (Lipinski definition) is 2. The maximum Gasteiger partial charge on any atom is 0.416 e. The lowest BCUT2D eigenvalue weighted by Crippen LogP contribution is -2.42. The molecule has 2 aliphatic rings. The van der Waals surface area contributed by atoms with Gasteiger partial charge in [0.2, 0.25) is 17.7 Å². The van der Waals surface area contributed by atoms with Gasteiger partial charge in [0.05, 0.1) is 5.56 Å². The number of nitrogens with zero attached hydrogens (tertiary/aromatic N) is 1. The Labute approximate surface area is 163 Å². The van der Waals surface area contributed by atoms with E-state index in [0.29, 0.717) is 34.5 Å². The highest BCUT2D eigenvalue weighted by Gasteiger charge is 2.50. The second-order valence-electron chi connectivity index (χ2n) is 5.67. The molecule has 28 heavy (non-hydrogen) atoms. The van der Waals surface area contributed by atoms with Gasteiger partial charge in [0.25, 0.3) is 10.5 Å². The predicted molar refractivity (Wildman–Crippen MR) is 93.5 cm³/mol. The van der Waals surface area contributed by atoms with Crippen LogP contribution in [-0.2, 0) is 20.6 Å². The first-order valence-corrected chi connectivity index (χ1v) is 9.33. The van der Waals surface area contributed by atoms with Crippen LogP contribution in [0, 0.1) is 0 Å². The summed E-state index contributed by atoms with van der Waals surface area (Å²) >= 11 is 1.09. The van der Waals surface area contributed by atoms with E-state index in [1.54, 1.807) is 0 Å². The molecule has 3 rings (SSSR count). The van der Waals surface area contributed by atoms with E-state index in [9.17, 15) is 37.1 Å². The van der Waals surface area contributed by atoms with Gasteiger partial charge < -0.3 is 5.32 Å². The van der Waals surface area contributed by atoms with Crippen LogP contribution in [0.15, 0.2) is 24.3 Å². The molecule has 13 heteroatoms. The van der Waals surface area contributed by atoms with Gasteiger partial charge in [-0.3, -0.25) is 34.2 Å². The molecule has 1 aromatic rings. The first kappa shape index (κ1) is 20.2. The number of hydrogen-bond acceptors (Lipinski definition) is 7. The lowest BCUT2D eigenvalue weighted by atomic mass is 10.2. The van der Waals surface area contributed by atoms with Crippen LogP contribution in [0.1, 0.15) is 5.56 Å². The Hall–Kier alpha value is -2.54. The van der Waals surface area contributed by atoms with Crippen molar-refractivity contribution in [3.8, 4) is 0 Å². The predicted octanol–water partition coefficient (Wildman–Crippen LogP) is 2.06. The number of carbonyl (C=O) groups excluding carboxylic acids is 5. The van der Waals surface area contributed by atoms with Crippen molar-refractivity contribution in [2.45, 2.75) is 16.7 Å². The van der Waals surface area contributed by atoms with E-state index in [1.165, 1.54) is 6.07 Å². The maximum atomic E-state index is 12.7. The largest absolute Gasteiger partial charge is 0.416 e. The topological polar surface area (TPSA) is 113 Å². The third kappa shape index (κ3) is 4.14. The molecule has 148 valence electrons. The highest BCUT2D eigenvalue weighted by atomic mass is 32.2. The van der Waals surface area contributed by atoms with Crippen LogP contribution < -0.4 is 10.6 Å². The van der Waals surface area contributed by atoms with Crippen molar-refractivity contribution >= 4 is 57.4 Å². The van der Waals surface area contributed by atoms with Crippen molar-refractivity contribution in [2.24, 2.45) is 0 Å². The van der Waals surface area contributed by atoms with Crippen molar-refractivity contribution in [1.82, 2.24) is 10.2 Å². The Kier molecular flexibility index (Phi) is 5.39. The van der Waals surface area contributed by atoms with E-state index in [0.717, 1.165) is 12.1 Å². The van der Waals surface area contributed by atoms with Crippen molar-refractivity contribution in [1.29, 1.82) is 0 Å². The lowest BCUT2D eigenvalue weighted by molar-refractivity contribution is -0.137. The number of benzene rings is 1. The molecule has 0 bridgehead atoms. The number of carbonyl (C=O) groups is 5. The standard InChI is InChI=1S/C15H10F3N3O5S2/c16-15(17,18)6-2-1-3-7(4-6)19-8(22)5-21-12(24)10(28-14(21)26)9-11(23)20-13(25)27-9/h1-4,9-10H,5H2,(H,19,22)(H,20,23,25)/t9-,10+/m1/s1. The maximum absolute atomic E-state index is 12.7. The summed E-state index contributed by atoms with van der Waals surface area (Å²) in [6.07, 6.45) is -4.59. The summed E-state index contributed by atoms with van der Waals surface area (Å²) in [5, 5.41) is 0.507. The van der Waals surface area contributed by atoms with Crippen molar-refractivity contribution in [3.63, 3.8) is 0 Å². The minimum atomic E-state index is -4.59. The molecule has 0 radical (unpaired) electrons. The summed E-state index contributed by atoms with van der Waals surface area (Å²) in [5.41, 5.74) is -1.12. The van der Waals surface area contributed by atoms with Crippen LogP contribution in [0.4, 0.5) is 28.4 Å². The lowest BCUT2D eigenvalue weighted by Gasteiger charge is -2.15. The summed E-state index contributed by atoms with van der Waals surface area (Å²) in [6.45, 7) is -0.732. The summed E-state index contributed by atoms with van der Waals surface area (Å²) in [7, 11) is 0. The Bertz CT molecular complexity index is 892. The molecule has 2 N–H and O–H groups in total. The van der Waals surface area contributed by atoms with Gasteiger partial charge in [-0.05, 0) is 41.7 Å². The van der Waals surface area contributed by atoms with Gasteiger partial charge in [0, 0.05) is 5.69 Å². The monoisotopic (exact) mass is 433 g/mol. The van der Waals surface area contributed by atoms with Gasteiger partial charge in [-0.1, -0.05) is 6.07 Å². The van der Waals surface area contributed by atoms with E-state index in [1.807, 2.05) is 5.32 Å². The fourth-order valence-corrected chi connectivity index (χ4v) is 4.59. The zero-order valence-electron chi connectivity index (χ0n) is 13.6. The second kappa shape index (κ2) is 7.47. The van der Waals surface area contributed by atoms with Gasteiger partial charge in [0.15, 0.2) is 0 Å². The number of imide groups is 2. The summed E-state index contributed by atoms with van der Waals surface area (Å²) < 4.78 is 38.1. The molecule has 2 saturated heterocycles. The van der Waals surface area contributed by atoms with Gasteiger partial charge in [0.1, 0.15) is 17.0 Å². The molecule has 0 saturated carbocycles. The quantitative estimate of drug-likeness (QED) is 0.747. The summed E-state index contributed by atoms with van der Waals surface area (Å²) in [4.78, 5) is 60.0. The zero-order chi connectivity index (χ0) is 20.6. The van der Waals surface area contributed by atoms with E-state index in [4.69, 9.17) is 0 Å². The van der Waals surface area contributed by atoms with Crippen LogP contribution in [-0.4, -0.2) is 50.1 Å². The second-order valence-corrected chi connectivity index (χ2v) is 7.88. The first-order chi connectivity index (χ1) is 13.1. The average molecular weight is 433 g/mol. The number of anilines is 1. The number of thioether (sulfide) groups is 2. The normalized spacial score (nSPS) is 22.6. The number of halogens is 3. The molecule has 2 atom stereocenters. The Balaban J connectivity index is 1.66. The van der Waals surface area contributed by atoms with Crippen molar-refractivity contribution in [2.75, 3.05) is 11.9 Å². The fourth-order valence-electron chi connectivity index (χ4n) is 2.49. The van der Waals surface area contributed by atoms with Crippen LogP contribution >= 0.6 is 23.5 Å². The van der Waals surface area contributed by atoms with Gasteiger partial charge in [-0.2, -0.15) is 13.2 Å². The molecule has 2 heterocycles. The average Bonchev–Trinajstić information content (AvgIpc) is 3.07. The molecule has 0 spiro atoms. The molecular formula is C15H10F3N3O5S2. The first-order valence-electron chi connectivity index (χ1n) is 7.57. The molecule has 2 aliphatic heterocycles. The fraction of sp³-hybridized carbons (Fsp3) is 0.267.